The molecule has 0 amide bonds. The van der Waals surface area contributed by atoms with Gasteiger partial charge in [-0.2, -0.15) is 10.2 Å². The van der Waals surface area contributed by atoms with E-state index in [1.54, 1.807) is 23.3 Å². The van der Waals surface area contributed by atoms with Crippen LogP contribution in [0.15, 0.2) is 43.1 Å². The molecule has 0 aliphatic carbocycles. The Hall–Kier alpha value is -2.76. The number of hydrogen-bond acceptors (Lipinski definition) is 4. The van der Waals surface area contributed by atoms with Crippen LogP contribution >= 0.6 is 0 Å². The molecule has 0 bridgehead atoms. The fraction of sp³-hybridized carbons (Fsp3) is 0. The minimum atomic E-state index is 0.799. The molecule has 6 nitrogen and oxygen atoms in total. The number of aromatic amines is 1. The maximum atomic E-state index is 4.34. The van der Waals surface area contributed by atoms with Gasteiger partial charge in [0.1, 0.15) is 6.33 Å². The maximum Gasteiger partial charge on any atom is 0.166 e. The Balaban J connectivity index is 2.00. The van der Waals surface area contributed by atoms with E-state index in [-0.39, 0.29) is 0 Å². The van der Waals surface area contributed by atoms with E-state index >= 15 is 0 Å². The zero-order valence-electron chi connectivity index (χ0n) is 9.28. The van der Waals surface area contributed by atoms with Gasteiger partial charge in [-0.25, -0.2) is 14.6 Å². The van der Waals surface area contributed by atoms with Crippen molar-refractivity contribution in [3.63, 3.8) is 0 Å². The summed E-state index contributed by atoms with van der Waals surface area (Å²) in [5, 5.41) is 13.2. The summed E-state index contributed by atoms with van der Waals surface area (Å²) in [7, 11) is 0. The van der Waals surface area contributed by atoms with E-state index in [1.807, 2.05) is 18.2 Å². The van der Waals surface area contributed by atoms with E-state index in [2.05, 4.69) is 25.3 Å². The second kappa shape index (κ2) is 3.36. The number of fused-ring (bicyclic) bond motifs is 2. The van der Waals surface area contributed by atoms with Gasteiger partial charge in [0.05, 0.1) is 29.0 Å². The Kier molecular flexibility index (Phi) is 1.74. The number of H-pyrrole nitrogens is 1. The van der Waals surface area contributed by atoms with Gasteiger partial charge in [-0.15, -0.1) is 0 Å². The average Bonchev–Trinajstić information content (AvgIpc) is 3.04. The molecule has 3 heterocycles. The van der Waals surface area contributed by atoms with Crippen molar-refractivity contribution in [2.75, 3.05) is 0 Å². The Bertz CT molecular complexity index is 844. The van der Waals surface area contributed by atoms with E-state index < -0.39 is 0 Å². The van der Waals surface area contributed by atoms with Gasteiger partial charge in [0.25, 0.3) is 0 Å². The topological polar surface area (TPSA) is 72.3 Å². The van der Waals surface area contributed by atoms with Crippen LogP contribution in [0.5, 0.6) is 0 Å². The normalized spacial score (nSPS) is 11.3. The molecule has 0 saturated heterocycles. The van der Waals surface area contributed by atoms with Crippen LogP contribution in [0.1, 0.15) is 0 Å². The summed E-state index contributed by atoms with van der Waals surface area (Å²) in [4.78, 5) is 8.23. The van der Waals surface area contributed by atoms with E-state index in [1.165, 1.54) is 6.33 Å². The molecule has 1 aromatic carbocycles. The molecule has 4 aromatic rings. The second-order valence-electron chi connectivity index (χ2n) is 4.00. The first kappa shape index (κ1) is 9.29. The Morgan fingerprint density at radius 2 is 2.06 bits per heavy atom. The summed E-state index contributed by atoms with van der Waals surface area (Å²) in [5.41, 5.74) is 2.76. The quantitative estimate of drug-likeness (QED) is 0.546. The van der Waals surface area contributed by atoms with Crippen LogP contribution in [-0.4, -0.2) is 29.9 Å². The third-order valence-electron chi connectivity index (χ3n) is 2.90. The minimum Gasteiger partial charge on any atom is -0.278 e. The van der Waals surface area contributed by atoms with Crippen LogP contribution in [0.2, 0.25) is 0 Å². The van der Waals surface area contributed by atoms with Gasteiger partial charge in [0.2, 0.25) is 0 Å². The van der Waals surface area contributed by atoms with Gasteiger partial charge >= 0.3 is 0 Å². The fourth-order valence-electron chi connectivity index (χ4n) is 2.03. The number of nitrogens with one attached hydrogen (secondary N) is 1. The van der Waals surface area contributed by atoms with Crippen molar-refractivity contribution in [3.05, 3.63) is 43.1 Å². The molecular formula is C12H8N6. The van der Waals surface area contributed by atoms with Crippen LogP contribution in [0, 0.1) is 0 Å². The zero-order chi connectivity index (χ0) is 11.9. The molecule has 0 unspecified atom stereocenters. The fourth-order valence-corrected chi connectivity index (χ4v) is 2.03. The monoisotopic (exact) mass is 236 g/mol. The van der Waals surface area contributed by atoms with E-state index in [0.717, 1.165) is 27.6 Å². The Labute approximate surface area is 101 Å². The van der Waals surface area contributed by atoms with Crippen molar-refractivity contribution in [1.82, 2.24) is 29.9 Å². The first-order valence-electron chi connectivity index (χ1n) is 5.49. The molecule has 1 N–H and O–H groups in total. The third kappa shape index (κ3) is 1.22. The lowest BCUT2D eigenvalue weighted by Gasteiger charge is -2.02. The highest BCUT2D eigenvalue weighted by Gasteiger charge is 2.06. The van der Waals surface area contributed by atoms with Crippen LogP contribution < -0.4 is 0 Å². The maximum absolute atomic E-state index is 4.34. The van der Waals surface area contributed by atoms with Crippen LogP contribution in [0.3, 0.4) is 0 Å². The smallest absolute Gasteiger partial charge is 0.166 e. The standard InChI is InChI=1S/C12H8N6/c1-2-11-8(5-15-17-11)3-10(1)18-12-9(6-16-18)4-13-7-14-12/h1-7H,(H,15,17). The number of hydrogen-bond donors (Lipinski definition) is 1. The van der Waals surface area contributed by atoms with Crippen LogP contribution in [0.4, 0.5) is 0 Å². The van der Waals surface area contributed by atoms with Crippen molar-refractivity contribution in [2.24, 2.45) is 0 Å². The molecule has 0 aliphatic heterocycles. The first-order chi connectivity index (χ1) is 8.92. The Morgan fingerprint density at radius 3 is 3.06 bits per heavy atom. The number of aromatic nitrogens is 6. The SMILES string of the molecule is c1ncc2cnn(-c3ccc4[nH]ncc4c3)c2n1. The molecule has 0 saturated carbocycles. The van der Waals surface area contributed by atoms with Gasteiger partial charge in [0.15, 0.2) is 5.65 Å². The molecule has 6 heteroatoms. The highest BCUT2D eigenvalue weighted by atomic mass is 15.3. The Morgan fingerprint density at radius 1 is 1.06 bits per heavy atom. The highest BCUT2D eigenvalue weighted by molar-refractivity contribution is 5.81. The summed E-state index contributed by atoms with van der Waals surface area (Å²) < 4.78 is 1.80. The van der Waals surface area contributed by atoms with E-state index in [4.69, 9.17) is 0 Å². The molecule has 0 fully saturated rings. The van der Waals surface area contributed by atoms with Crippen molar-refractivity contribution < 1.29 is 0 Å². The van der Waals surface area contributed by atoms with Gasteiger partial charge in [-0.3, -0.25) is 5.10 Å². The largest absolute Gasteiger partial charge is 0.278 e. The van der Waals surface area contributed by atoms with Crippen molar-refractivity contribution in [1.29, 1.82) is 0 Å². The van der Waals surface area contributed by atoms with E-state index in [9.17, 15) is 0 Å². The molecule has 0 radical (unpaired) electrons. The molecule has 0 atom stereocenters. The zero-order valence-corrected chi connectivity index (χ0v) is 9.28. The molecular weight excluding hydrogens is 228 g/mol. The highest BCUT2D eigenvalue weighted by Crippen LogP contribution is 2.19. The van der Waals surface area contributed by atoms with Crippen molar-refractivity contribution >= 4 is 21.9 Å². The predicted molar refractivity (Wildman–Crippen MR) is 66.3 cm³/mol. The lowest BCUT2D eigenvalue weighted by molar-refractivity contribution is 0.896. The van der Waals surface area contributed by atoms with Crippen LogP contribution in [0.25, 0.3) is 27.6 Å². The number of nitrogens with zero attached hydrogens (tertiary/aromatic N) is 5. The van der Waals surface area contributed by atoms with Crippen LogP contribution in [-0.2, 0) is 0 Å². The molecule has 18 heavy (non-hydrogen) atoms. The summed E-state index contributed by atoms with van der Waals surface area (Å²) in [6.45, 7) is 0. The molecule has 0 aliphatic rings. The van der Waals surface area contributed by atoms with Crippen molar-refractivity contribution in [3.8, 4) is 5.69 Å². The van der Waals surface area contributed by atoms with Gasteiger partial charge in [-0.1, -0.05) is 0 Å². The number of benzene rings is 1. The van der Waals surface area contributed by atoms with Gasteiger partial charge in [-0.05, 0) is 18.2 Å². The van der Waals surface area contributed by atoms with Crippen molar-refractivity contribution in [2.45, 2.75) is 0 Å². The second-order valence-corrected chi connectivity index (χ2v) is 4.00. The van der Waals surface area contributed by atoms with Gasteiger partial charge < -0.3 is 0 Å². The third-order valence-corrected chi connectivity index (χ3v) is 2.90. The first-order valence-corrected chi connectivity index (χ1v) is 5.49. The lowest BCUT2D eigenvalue weighted by atomic mass is 10.2. The molecule has 4 rings (SSSR count). The molecule has 0 spiro atoms. The van der Waals surface area contributed by atoms with E-state index in [0.29, 0.717) is 0 Å². The lowest BCUT2D eigenvalue weighted by Crippen LogP contribution is -1.97. The molecule has 86 valence electrons. The van der Waals surface area contributed by atoms with Gasteiger partial charge in [0, 0.05) is 11.6 Å². The molecule has 3 aromatic heterocycles. The number of rotatable bonds is 1. The predicted octanol–water partition coefficient (Wildman–Crippen LogP) is 1.69. The summed E-state index contributed by atoms with van der Waals surface area (Å²) in [6, 6.07) is 5.98. The average molecular weight is 236 g/mol. The minimum absolute atomic E-state index is 0.799. The summed E-state index contributed by atoms with van der Waals surface area (Å²) in [5.74, 6) is 0. The summed E-state index contributed by atoms with van der Waals surface area (Å²) in [6.07, 6.45) is 6.83. The summed E-state index contributed by atoms with van der Waals surface area (Å²) >= 11 is 0.